The van der Waals surface area contributed by atoms with Gasteiger partial charge in [-0.2, -0.15) is 0 Å². The van der Waals surface area contributed by atoms with Crippen LogP contribution in [-0.4, -0.2) is 37.3 Å². The van der Waals surface area contributed by atoms with E-state index in [0.29, 0.717) is 21.7 Å². The minimum atomic E-state index is -0.312. The topological polar surface area (TPSA) is 102 Å². The number of benzene rings is 1. The third-order valence-corrected chi connectivity index (χ3v) is 6.51. The lowest BCUT2D eigenvalue weighted by Crippen LogP contribution is -2.33. The second-order valence-corrected chi connectivity index (χ2v) is 9.39. The molecule has 3 aromatic rings. The van der Waals surface area contributed by atoms with E-state index in [1.54, 1.807) is 0 Å². The van der Waals surface area contributed by atoms with E-state index < -0.39 is 0 Å². The number of hydrogen-bond donors (Lipinski definition) is 2. The molecule has 8 nitrogen and oxygen atoms in total. The van der Waals surface area contributed by atoms with Crippen molar-refractivity contribution in [1.82, 2.24) is 25.1 Å². The maximum atomic E-state index is 12.7. The third kappa shape index (κ3) is 5.92. The molecule has 0 unspecified atom stereocenters. The lowest BCUT2D eigenvalue weighted by atomic mass is 10.0. The molecule has 2 N–H and O–H groups in total. The lowest BCUT2D eigenvalue weighted by molar-refractivity contribution is -0.113. The standard InChI is InChI=1S/C21H26N6O2S2/c1-12(2)17(24-19(29)15-8-6-13(3)7-9-15)18-25-26-21(27(18)5)31-11-16(28)23-20-22-14(4)10-30-20/h6-10,12,17H,11H2,1-5H3,(H,24,29)(H,22,23,28)/t17-/m1/s1. The van der Waals surface area contributed by atoms with E-state index in [-0.39, 0.29) is 29.5 Å². The normalized spacial score (nSPS) is 12.1. The van der Waals surface area contributed by atoms with Crippen molar-refractivity contribution >= 4 is 40.0 Å². The fourth-order valence-corrected chi connectivity index (χ4v) is 4.30. The molecule has 0 aliphatic carbocycles. The van der Waals surface area contributed by atoms with E-state index in [1.165, 1.54) is 23.1 Å². The SMILES string of the molecule is Cc1ccc(C(=O)N[C@@H](c2nnc(SCC(=O)Nc3nc(C)cs3)n2C)C(C)C)cc1. The van der Waals surface area contributed by atoms with E-state index in [0.717, 1.165) is 11.3 Å². The first-order valence-electron chi connectivity index (χ1n) is 9.86. The van der Waals surface area contributed by atoms with Gasteiger partial charge in [-0.05, 0) is 31.9 Å². The monoisotopic (exact) mass is 458 g/mol. The highest BCUT2D eigenvalue weighted by Crippen LogP contribution is 2.25. The van der Waals surface area contributed by atoms with Crippen LogP contribution in [0.2, 0.25) is 0 Å². The van der Waals surface area contributed by atoms with Gasteiger partial charge in [0.1, 0.15) is 0 Å². The number of thiazole rings is 1. The van der Waals surface area contributed by atoms with Gasteiger partial charge in [0.2, 0.25) is 5.91 Å². The Labute approximate surface area is 189 Å². The van der Waals surface area contributed by atoms with E-state index in [2.05, 4.69) is 25.8 Å². The Bertz CT molecular complexity index is 1060. The first-order chi connectivity index (χ1) is 14.7. The molecule has 3 rings (SSSR count). The van der Waals surface area contributed by atoms with Crippen LogP contribution in [0.15, 0.2) is 34.8 Å². The van der Waals surface area contributed by atoms with Crippen molar-refractivity contribution in [2.24, 2.45) is 13.0 Å². The Balaban J connectivity index is 1.66. The molecule has 31 heavy (non-hydrogen) atoms. The molecule has 0 aliphatic heterocycles. The van der Waals surface area contributed by atoms with Gasteiger partial charge in [-0.3, -0.25) is 9.59 Å². The molecule has 0 saturated carbocycles. The van der Waals surface area contributed by atoms with Gasteiger partial charge in [-0.1, -0.05) is 43.3 Å². The summed E-state index contributed by atoms with van der Waals surface area (Å²) in [4.78, 5) is 29.2. The molecule has 2 aromatic heterocycles. The number of aromatic nitrogens is 4. The van der Waals surface area contributed by atoms with Gasteiger partial charge in [0, 0.05) is 18.0 Å². The van der Waals surface area contributed by atoms with Crippen molar-refractivity contribution in [2.45, 2.75) is 38.9 Å². The molecule has 0 saturated heterocycles. The number of thioether (sulfide) groups is 1. The summed E-state index contributed by atoms with van der Waals surface area (Å²) in [5.41, 5.74) is 2.57. The molecule has 0 bridgehead atoms. The molecule has 0 radical (unpaired) electrons. The van der Waals surface area contributed by atoms with Crippen molar-refractivity contribution in [3.05, 3.63) is 52.3 Å². The van der Waals surface area contributed by atoms with Gasteiger partial charge < -0.3 is 15.2 Å². The molecule has 1 atom stereocenters. The Kier molecular flexibility index (Phi) is 7.45. The number of nitrogens with one attached hydrogen (secondary N) is 2. The average Bonchev–Trinajstić information content (AvgIpc) is 3.29. The zero-order valence-electron chi connectivity index (χ0n) is 18.2. The highest BCUT2D eigenvalue weighted by molar-refractivity contribution is 7.99. The Hall–Kier alpha value is -2.72. The van der Waals surface area contributed by atoms with Gasteiger partial charge in [-0.15, -0.1) is 21.5 Å². The minimum absolute atomic E-state index is 0.103. The minimum Gasteiger partial charge on any atom is -0.342 e. The fourth-order valence-electron chi connectivity index (χ4n) is 2.88. The summed E-state index contributed by atoms with van der Waals surface area (Å²) in [6, 6.07) is 7.13. The lowest BCUT2D eigenvalue weighted by Gasteiger charge is -2.21. The van der Waals surface area contributed by atoms with Gasteiger partial charge >= 0.3 is 0 Å². The summed E-state index contributed by atoms with van der Waals surface area (Å²) in [6.07, 6.45) is 0. The van der Waals surface area contributed by atoms with Crippen LogP contribution in [0, 0.1) is 19.8 Å². The van der Waals surface area contributed by atoms with Gasteiger partial charge in [0.25, 0.3) is 5.91 Å². The zero-order valence-corrected chi connectivity index (χ0v) is 19.8. The molecular weight excluding hydrogens is 432 g/mol. The smallest absolute Gasteiger partial charge is 0.251 e. The molecule has 0 spiro atoms. The van der Waals surface area contributed by atoms with Crippen LogP contribution in [0.4, 0.5) is 5.13 Å². The third-order valence-electron chi connectivity index (χ3n) is 4.61. The van der Waals surface area contributed by atoms with E-state index in [1.807, 2.05) is 69.0 Å². The van der Waals surface area contributed by atoms with Crippen LogP contribution in [0.1, 0.15) is 47.3 Å². The maximum absolute atomic E-state index is 12.7. The molecule has 10 heteroatoms. The number of amides is 2. The van der Waals surface area contributed by atoms with Crippen LogP contribution >= 0.6 is 23.1 Å². The molecule has 0 aliphatic rings. The number of anilines is 1. The highest BCUT2D eigenvalue weighted by atomic mass is 32.2. The summed E-state index contributed by atoms with van der Waals surface area (Å²) in [5, 5.41) is 17.4. The predicted molar refractivity (Wildman–Crippen MR) is 123 cm³/mol. The van der Waals surface area contributed by atoms with Crippen LogP contribution < -0.4 is 10.6 Å². The van der Waals surface area contributed by atoms with E-state index in [9.17, 15) is 9.59 Å². The van der Waals surface area contributed by atoms with Crippen LogP contribution in [0.25, 0.3) is 0 Å². The average molecular weight is 459 g/mol. The van der Waals surface area contributed by atoms with Gasteiger partial charge in [-0.25, -0.2) is 4.98 Å². The summed E-state index contributed by atoms with van der Waals surface area (Å²) >= 11 is 2.68. The van der Waals surface area contributed by atoms with Gasteiger partial charge in [0.15, 0.2) is 16.1 Å². The number of carbonyl (C=O) groups is 2. The predicted octanol–water partition coefficient (Wildman–Crippen LogP) is 3.75. The number of nitrogens with zero attached hydrogens (tertiary/aromatic N) is 4. The highest BCUT2D eigenvalue weighted by Gasteiger charge is 2.25. The Morgan fingerprint density at radius 3 is 2.48 bits per heavy atom. The molecule has 164 valence electrons. The van der Waals surface area contributed by atoms with E-state index in [4.69, 9.17) is 0 Å². The number of hydrogen-bond acceptors (Lipinski definition) is 7. The summed E-state index contributed by atoms with van der Waals surface area (Å²) in [7, 11) is 1.84. The molecular formula is C21H26N6O2S2. The number of rotatable bonds is 8. The van der Waals surface area contributed by atoms with Gasteiger partial charge in [0.05, 0.1) is 17.5 Å². The largest absolute Gasteiger partial charge is 0.342 e. The summed E-state index contributed by atoms with van der Waals surface area (Å²) < 4.78 is 1.82. The van der Waals surface area contributed by atoms with E-state index >= 15 is 0 Å². The molecule has 2 amide bonds. The molecule has 2 heterocycles. The van der Waals surface area contributed by atoms with Crippen molar-refractivity contribution in [3.63, 3.8) is 0 Å². The first-order valence-corrected chi connectivity index (χ1v) is 11.7. The Morgan fingerprint density at radius 1 is 1.16 bits per heavy atom. The van der Waals surface area contributed by atoms with Crippen LogP contribution in [0.3, 0.4) is 0 Å². The van der Waals surface area contributed by atoms with Crippen molar-refractivity contribution in [2.75, 3.05) is 11.1 Å². The second kappa shape index (κ2) is 10.1. The quantitative estimate of drug-likeness (QED) is 0.499. The second-order valence-electron chi connectivity index (χ2n) is 7.59. The molecule has 0 fully saturated rings. The number of aryl methyl sites for hydroxylation is 2. The van der Waals surface area contributed by atoms with Crippen molar-refractivity contribution < 1.29 is 9.59 Å². The summed E-state index contributed by atoms with van der Waals surface area (Å²) in [6.45, 7) is 7.90. The van der Waals surface area contributed by atoms with Crippen molar-refractivity contribution in [3.8, 4) is 0 Å². The van der Waals surface area contributed by atoms with Crippen LogP contribution in [0.5, 0.6) is 0 Å². The number of carbonyl (C=O) groups excluding carboxylic acids is 2. The first kappa shape index (κ1) is 23.0. The summed E-state index contributed by atoms with van der Waals surface area (Å²) in [5.74, 6) is 0.624. The molecule has 1 aromatic carbocycles. The maximum Gasteiger partial charge on any atom is 0.251 e. The van der Waals surface area contributed by atoms with Crippen LogP contribution in [-0.2, 0) is 11.8 Å². The zero-order chi connectivity index (χ0) is 22.5. The Morgan fingerprint density at radius 2 is 1.87 bits per heavy atom. The fraction of sp³-hybridized carbons (Fsp3) is 0.381. The van der Waals surface area contributed by atoms with Crippen molar-refractivity contribution in [1.29, 1.82) is 0 Å².